The van der Waals surface area contributed by atoms with Crippen LogP contribution < -0.4 is 26.4 Å². The van der Waals surface area contributed by atoms with E-state index >= 15 is 0 Å². The smallest absolute Gasteiger partial charge is 0.321 e. The molecule has 3 heterocycles. The normalized spacial score (nSPS) is 14.6. The Morgan fingerprint density at radius 1 is 1.18 bits per heavy atom. The Balaban J connectivity index is 1.31. The lowest BCUT2D eigenvalue weighted by molar-refractivity contribution is 0.102. The average molecular weight is 587 g/mol. The van der Waals surface area contributed by atoms with Crippen LogP contribution in [0.1, 0.15) is 23.2 Å². The van der Waals surface area contributed by atoms with Gasteiger partial charge in [-0.1, -0.05) is 17.4 Å². The Labute approximate surface area is 235 Å². The van der Waals surface area contributed by atoms with E-state index in [9.17, 15) is 18.4 Å². The number of halogens is 2. The summed E-state index contributed by atoms with van der Waals surface area (Å²) in [5, 5.41) is 10.1. The zero-order valence-corrected chi connectivity index (χ0v) is 22.8. The molecular formula is C26H24F2N6O4S2. The van der Waals surface area contributed by atoms with Gasteiger partial charge >= 0.3 is 6.03 Å². The van der Waals surface area contributed by atoms with Crippen LogP contribution in [0.4, 0.5) is 30.2 Å². The second kappa shape index (κ2) is 11.9. The van der Waals surface area contributed by atoms with E-state index in [0.29, 0.717) is 34.9 Å². The molecule has 0 bridgehead atoms. The Kier molecular flexibility index (Phi) is 8.19. The van der Waals surface area contributed by atoms with Crippen LogP contribution in [0.3, 0.4) is 0 Å². The third kappa shape index (κ3) is 6.19. The monoisotopic (exact) mass is 586 g/mol. The largest absolute Gasteiger partial charge is 0.497 e. The van der Waals surface area contributed by atoms with E-state index in [0.717, 1.165) is 24.2 Å². The van der Waals surface area contributed by atoms with Gasteiger partial charge in [-0.25, -0.2) is 23.5 Å². The van der Waals surface area contributed by atoms with E-state index in [2.05, 4.69) is 25.9 Å². The predicted molar refractivity (Wildman–Crippen MR) is 150 cm³/mol. The summed E-state index contributed by atoms with van der Waals surface area (Å²) >= 11 is 2.29. The average Bonchev–Trinajstić information content (AvgIpc) is 3.70. The highest BCUT2D eigenvalue weighted by Crippen LogP contribution is 2.39. The van der Waals surface area contributed by atoms with Gasteiger partial charge in [-0.3, -0.25) is 10.1 Å². The molecule has 0 radical (unpaired) electrons. The minimum absolute atomic E-state index is 0.000961. The lowest BCUT2D eigenvalue weighted by atomic mass is 10.1. The van der Waals surface area contributed by atoms with Crippen LogP contribution in [0.2, 0.25) is 0 Å². The number of aromatic nitrogens is 2. The van der Waals surface area contributed by atoms with Crippen molar-refractivity contribution in [1.29, 1.82) is 0 Å². The topological polar surface area (TPSA) is 140 Å². The second-order valence-electron chi connectivity index (χ2n) is 8.74. The van der Waals surface area contributed by atoms with Crippen LogP contribution in [-0.2, 0) is 4.74 Å². The van der Waals surface area contributed by atoms with Crippen LogP contribution in [0.5, 0.6) is 5.75 Å². The van der Waals surface area contributed by atoms with E-state index in [-0.39, 0.29) is 39.6 Å². The van der Waals surface area contributed by atoms with Crippen molar-refractivity contribution in [2.45, 2.75) is 18.9 Å². The Hall–Kier alpha value is -4.14. The van der Waals surface area contributed by atoms with E-state index in [1.54, 1.807) is 23.6 Å². The Morgan fingerprint density at radius 2 is 2.02 bits per heavy atom. The fourth-order valence-electron chi connectivity index (χ4n) is 3.99. The number of anilines is 3. The number of hydrogen-bond acceptors (Lipinski definition) is 9. The van der Waals surface area contributed by atoms with Gasteiger partial charge in [-0.2, -0.15) is 0 Å². The summed E-state index contributed by atoms with van der Waals surface area (Å²) in [5.41, 5.74) is 6.30. The third-order valence-electron chi connectivity index (χ3n) is 6.00. The molecule has 1 fully saturated rings. The molecule has 1 saturated heterocycles. The van der Waals surface area contributed by atoms with Crippen molar-refractivity contribution in [2.75, 3.05) is 36.6 Å². The molecule has 1 aliphatic rings. The van der Waals surface area contributed by atoms with Crippen molar-refractivity contribution < 1.29 is 27.8 Å². The third-order valence-corrected chi connectivity index (χ3v) is 7.98. The molecular weight excluding hydrogens is 562 g/mol. The molecule has 1 atom stereocenters. The molecule has 5 rings (SSSR count). The highest BCUT2D eigenvalue weighted by Gasteiger charge is 2.21. The first-order valence-electron chi connectivity index (χ1n) is 12.1. The molecule has 40 heavy (non-hydrogen) atoms. The maximum atomic E-state index is 14.8. The lowest BCUT2D eigenvalue weighted by Crippen LogP contribution is -2.34. The number of carbonyl (C=O) groups is 2. The van der Waals surface area contributed by atoms with Gasteiger partial charge in [0.2, 0.25) is 0 Å². The number of nitrogens with two attached hydrogens (primary N) is 1. The summed E-state index contributed by atoms with van der Waals surface area (Å²) in [5.74, 6) is -1.77. The van der Waals surface area contributed by atoms with Crippen LogP contribution in [0.15, 0.2) is 41.8 Å². The van der Waals surface area contributed by atoms with Crippen LogP contribution in [0, 0.1) is 11.6 Å². The lowest BCUT2D eigenvalue weighted by Gasteiger charge is -2.10. The van der Waals surface area contributed by atoms with Crippen molar-refractivity contribution in [3.05, 3.63) is 59.0 Å². The first-order chi connectivity index (χ1) is 19.3. The van der Waals surface area contributed by atoms with Gasteiger partial charge in [0, 0.05) is 35.7 Å². The van der Waals surface area contributed by atoms with Crippen molar-refractivity contribution >= 4 is 51.2 Å². The van der Waals surface area contributed by atoms with Gasteiger partial charge in [-0.15, -0.1) is 11.3 Å². The number of thiazole rings is 2. The van der Waals surface area contributed by atoms with Crippen LogP contribution in [0.25, 0.3) is 21.1 Å². The number of methoxy groups -OCH3 is 1. The number of urea groups is 1. The van der Waals surface area contributed by atoms with Crippen molar-refractivity contribution in [3.63, 3.8) is 0 Å². The summed E-state index contributed by atoms with van der Waals surface area (Å²) in [6.45, 7) is 1.08. The molecule has 1 unspecified atom stereocenters. The van der Waals surface area contributed by atoms with Gasteiger partial charge in [0.1, 0.15) is 33.1 Å². The van der Waals surface area contributed by atoms with Gasteiger partial charge in [0.25, 0.3) is 5.91 Å². The summed E-state index contributed by atoms with van der Waals surface area (Å²) in [6, 6.07) is 7.78. The number of amides is 3. The summed E-state index contributed by atoms with van der Waals surface area (Å²) in [4.78, 5) is 34.0. The molecule has 208 valence electrons. The number of nitrogens with zero attached hydrogens (tertiary/aromatic N) is 2. The number of hydrogen-bond donors (Lipinski definition) is 4. The summed E-state index contributed by atoms with van der Waals surface area (Å²) in [7, 11) is 1.47. The molecule has 1 aliphatic heterocycles. The molecule has 14 heteroatoms. The van der Waals surface area contributed by atoms with Crippen molar-refractivity contribution in [1.82, 2.24) is 15.3 Å². The van der Waals surface area contributed by atoms with Gasteiger partial charge in [0.05, 0.1) is 24.6 Å². The fourth-order valence-corrected chi connectivity index (χ4v) is 5.79. The van der Waals surface area contributed by atoms with Crippen molar-refractivity contribution in [3.8, 4) is 26.9 Å². The van der Waals surface area contributed by atoms with Gasteiger partial charge in [-0.05, 0) is 37.1 Å². The zero-order chi connectivity index (χ0) is 28.2. The van der Waals surface area contributed by atoms with E-state index < -0.39 is 23.6 Å². The first-order valence-corrected chi connectivity index (χ1v) is 13.8. The Morgan fingerprint density at radius 3 is 2.80 bits per heavy atom. The Bertz CT molecular complexity index is 1550. The number of nitrogens with one attached hydrogen (secondary N) is 3. The standard InChI is InChI=1S/C26H24F2N6O4S2/c1-37-14-5-2-4-13(8-14)23(35)31-19-9-16(17(27)10-18(19)28)20-12-39-24(32-20)21-22(29)33-26(40-21)34-25(36)30-11-15-6-3-7-38-15/h2,4-5,8-10,12,15H,3,6-7,11,29H2,1H3,(H,31,35)(H2,30,33,34,36). The molecule has 2 aromatic carbocycles. The number of nitrogen functional groups attached to an aromatic ring is 1. The number of carbonyl (C=O) groups excluding carboxylic acids is 2. The highest BCUT2D eigenvalue weighted by atomic mass is 32.1. The molecule has 3 amide bonds. The first kappa shape index (κ1) is 27.4. The molecule has 5 N–H and O–H groups in total. The summed E-state index contributed by atoms with van der Waals surface area (Å²) in [6.07, 6.45) is 1.86. The highest BCUT2D eigenvalue weighted by molar-refractivity contribution is 7.23. The molecule has 2 aromatic heterocycles. The minimum atomic E-state index is -0.937. The van der Waals surface area contributed by atoms with Crippen LogP contribution >= 0.6 is 22.7 Å². The SMILES string of the molecule is COc1cccc(C(=O)Nc2cc(-c3csc(-c4sc(NC(=O)NCC5CCCO5)nc4N)n3)c(F)cc2F)c1. The predicted octanol–water partition coefficient (Wildman–Crippen LogP) is 5.36. The molecule has 0 spiro atoms. The van der Waals surface area contributed by atoms with Crippen LogP contribution in [-0.4, -0.2) is 48.3 Å². The molecule has 0 aliphatic carbocycles. The molecule has 10 nitrogen and oxygen atoms in total. The zero-order valence-electron chi connectivity index (χ0n) is 21.1. The second-order valence-corrected chi connectivity index (χ2v) is 10.6. The summed E-state index contributed by atoms with van der Waals surface area (Å²) < 4.78 is 40.0. The van der Waals surface area contributed by atoms with Gasteiger partial charge in [0.15, 0.2) is 5.13 Å². The quantitative estimate of drug-likeness (QED) is 0.218. The fraction of sp³-hybridized carbons (Fsp3) is 0.231. The number of rotatable bonds is 8. The number of benzene rings is 2. The maximum absolute atomic E-state index is 14.8. The van der Waals surface area contributed by atoms with E-state index in [4.69, 9.17) is 15.2 Å². The molecule has 0 saturated carbocycles. The van der Waals surface area contributed by atoms with E-state index in [1.165, 1.54) is 30.6 Å². The van der Waals surface area contributed by atoms with Gasteiger partial charge < -0.3 is 25.8 Å². The number of ether oxygens (including phenoxy) is 2. The van der Waals surface area contributed by atoms with Crippen molar-refractivity contribution in [2.24, 2.45) is 0 Å². The molecule has 4 aromatic rings. The maximum Gasteiger partial charge on any atom is 0.321 e. The van der Waals surface area contributed by atoms with E-state index in [1.807, 2.05) is 0 Å². The minimum Gasteiger partial charge on any atom is -0.497 e.